The Balaban J connectivity index is 1.99. The van der Waals surface area contributed by atoms with Crippen molar-refractivity contribution in [1.29, 1.82) is 0 Å². The first-order valence-corrected chi connectivity index (χ1v) is 14.8. The molecule has 0 aliphatic heterocycles. The van der Waals surface area contributed by atoms with Crippen molar-refractivity contribution in [1.82, 2.24) is 10.2 Å². The quantitative estimate of drug-likeness (QED) is 0.317. The molecule has 0 radical (unpaired) electrons. The average molecular weight is 601 g/mol. The Morgan fingerprint density at radius 3 is 2.03 bits per heavy atom. The van der Waals surface area contributed by atoms with Gasteiger partial charge >= 0.3 is 0 Å². The van der Waals surface area contributed by atoms with Gasteiger partial charge in [0.05, 0.1) is 10.6 Å². The highest BCUT2D eigenvalue weighted by atomic mass is 79.9. The molecule has 0 fully saturated rings. The SMILES string of the molecule is CCC(C(=O)NC(C)C)N(CCc1ccccc1)C(=O)CN(c1ccc(Br)cc1)S(=O)(=O)c1ccccc1. The van der Waals surface area contributed by atoms with E-state index < -0.39 is 28.5 Å². The number of hydrogen-bond donors (Lipinski definition) is 1. The maximum Gasteiger partial charge on any atom is 0.264 e. The number of nitrogens with one attached hydrogen (secondary N) is 1. The number of carbonyl (C=O) groups excluding carboxylic acids is 2. The van der Waals surface area contributed by atoms with Gasteiger partial charge in [0.25, 0.3) is 10.0 Å². The van der Waals surface area contributed by atoms with Crippen LogP contribution in [0.3, 0.4) is 0 Å². The second-order valence-electron chi connectivity index (χ2n) is 9.21. The molecule has 3 aromatic carbocycles. The molecule has 0 heterocycles. The highest BCUT2D eigenvalue weighted by Crippen LogP contribution is 2.26. The fourth-order valence-electron chi connectivity index (χ4n) is 4.13. The Labute approximate surface area is 234 Å². The number of amides is 2. The first kappa shape index (κ1) is 29.4. The van der Waals surface area contributed by atoms with Crippen LogP contribution in [0.1, 0.15) is 32.8 Å². The van der Waals surface area contributed by atoms with Gasteiger partial charge in [-0.3, -0.25) is 13.9 Å². The lowest BCUT2D eigenvalue weighted by Crippen LogP contribution is -2.54. The topological polar surface area (TPSA) is 86.8 Å². The third kappa shape index (κ3) is 7.68. The van der Waals surface area contributed by atoms with E-state index in [1.165, 1.54) is 17.0 Å². The summed E-state index contributed by atoms with van der Waals surface area (Å²) in [6.07, 6.45) is 0.921. The van der Waals surface area contributed by atoms with Crippen molar-refractivity contribution in [2.24, 2.45) is 0 Å². The average Bonchev–Trinajstić information content (AvgIpc) is 2.90. The van der Waals surface area contributed by atoms with Crippen molar-refractivity contribution < 1.29 is 18.0 Å². The van der Waals surface area contributed by atoms with Gasteiger partial charge in [0, 0.05) is 17.1 Å². The molecule has 38 heavy (non-hydrogen) atoms. The first-order chi connectivity index (χ1) is 18.1. The van der Waals surface area contributed by atoms with Crippen LogP contribution in [0, 0.1) is 0 Å². The van der Waals surface area contributed by atoms with Gasteiger partial charge in [-0.1, -0.05) is 71.4 Å². The summed E-state index contributed by atoms with van der Waals surface area (Å²) >= 11 is 3.38. The van der Waals surface area contributed by atoms with Crippen LogP contribution in [-0.4, -0.2) is 50.3 Å². The first-order valence-electron chi connectivity index (χ1n) is 12.6. The van der Waals surface area contributed by atoms with Crippen LogP contribution in [-0.2, 0) is 26.0 Å². The van der Waals surface area contributed by atoms with Gasteiger partial charge in [0.1, 0.15) is 12.6 Å². The summed E-state index contributed by atoms with van der Waals surface area (Å²) in [6, 6.07) is 23.6. The highest BCUT2D eigenvalue weighted by Gasteiger charge is 2.33. The molecular weight excluding hydrogens is 566 g/mol. The molecule has 0 saturated carbocycles. The smallest absolute Gasteiger partial charge is 0.264 e. The maximum atomic E-state index is 13.9. The van der Waals surface area contributed by atoms with Crippen LogP contribution in [0.15, 0.2) is 94.3 Å². The van der Waals surface area contributed by atoms with Crippen LogP contribution in [0.4, 0.5) is 5.69 Å². The summed E-state index contributed by atoms with van der Waals surface area (Å²) in [4.78, 5) is 28.6. The number of benzene rings is 3. The minimum Gasteiger partial charge on any atom is -0.352 e. The Bertz CT molecular complexity index is 1300. The van der Waals surface area contributed by atoms with Gasteiger partial charge in [-0.25, -0.2) is 8.42 Å². The molecule has 1 N–H and O–H groups in total. The number of nitrogens with zero attached hydrogens (tertiary/aromatic N) is 2. The van der Waals surface area contributed by atoms with E-state index in [4.69, 9.17) is 0 Å². The van der Waals surface area contributed by atoms with E-state index in [1.54, 1.807) is 42.5 Å². The molecule has 0 aliphatic carbocycles. The summed E-state index contributed by atoms with van der Waals surface area (Å²) in [5.74, 6) is -0.709. The minimum atomic E-state index is -4.06. The third-order valence-corrected chi connectivity index (χ3v) is 8.34. The molecular formula is C29H34BrN3O4S. The molecule has 2 amide bonds. The number of halogens is 1. The molecule has 0 spiro atoms. The molecule has 0 saturated heterocycles. The Hall–Kier alpha value is -3.17. The molecule has 1 unspecified atom stereocenters. The second kappa shape index (κ2) is 13.6. The minimum absolute atomic E-state index is 0.0798. The number of anilines is 1. The van der Waals surface area contributed by atoms with Gasteiger partial charge in [-0.2, -0.15) is 0 Å². The van der Waals surface area contributed by atoms with Crippen LogP contribution >= 0.6 is 15.9 Å². The van der Waals surface area contributed by atoms with Crippen LogP contribution in [0.25, 0.3) is 0 Å². The van der Waals surface area contributed by atoms with E-state index in [2.05, 4.69) is 21.2 Å². The molecule has 0 aliphatic rings. The van der Waals surface area contributed by atoms with Crippen LogP contribution in [0.2, 0.25) is 0 Å². The zero-order valence-corrected chi connectivity index (χ0v) is 24.3. The molecule has 3 aromatic rings. The van der Waals surface area contributed by atoms with Crippen molar-refractivity contribution in [3.8, 4) is 0 Å². The van der Waals surface area contributed by atoms with Crippen molar-refractivity contribution >= 4 is 43.5 Å². The van der Waals surface area contributed by atoms with Crippen molar-refractivity contribution in [3.05, 3.63) is 95.0 Å². The molecule has 0 bridgehead atoms. The summed E-state index contributed by atoms with van der Waals surface area (Å²) < 4.78 is 29.4. The predicted octanol–water partition coefficient (Wildman–Crippen LogP) is 5.02. The van der Waals surface area contributed by atoms with E-state index in [1.807, 2.05) is 51.1 Å². The predicted molar refractivity (Wildman–Crippen MR) is 154 cm³/mol. The Morgan fingerprint density at radius 2 is 1.47 bits per heavy atom. The van der Waals surface area contributed by atoms with E-state index in [0.29, 0.717) is 18.5 Å². The lowest BCUT2D eigenvalue weighted by atomic mass is 10.1. The number of carbonyl (C=O) groups is 2. The normalized spacial score (nSPS) is 12.1. The van der Waals surface area contributed by atoms with E-state index in [0.717, 1.165) is 14.3 Å². The summed E-state index contributed by atoms with van der Waals surface area (Å²) in [6.45, 7) is 5.40. The fourth-order valence-corrected chi connectivity index (χ4v) is 5.83. The zero-order chi connectivity index (χ0) is 27.7. The van der Waals surface area contributed by atoms with Crippen LogP contribution < -0.4 is 9.62 Å². The highest BCUT2D eigenvalue weighted by molar-refractivity contribution is 9.10. The van der Waals surface area contributed by atoms with E-state index in [9.17, 15) is 18.0 Å². The largest absolute Gasteiger partial charge is 0.352 e. The van der Waals surface area contributed by atoms with Crippen LogP contribution in [0.5, 0.6) is 0 Å². The summed E-state index contributed by atoms with van der Waals surface area (Å²) in [5, 5.41) is 2.90. The van der Waals surface area contributed by atoms with Gasteiger partial charge in [-0.15, -0.1) is 0 Å². The standard InChI is InChI=1S/C29H34BrN3O4S/c1-4-27(29(35)31-22(2)3)32(20-19-23-11-7-5-8-12-23)28(34)21-33(25-17-15-24(30)16-18-25)38(36,37)26-13-9-6-10-14-26/h5-18,22,27H,4,19-21H2,1-3H3,(H,31,35). The van der Waals surface area contributed by atoms with Gasteiger partial charge < -0.3 is 10.2 Å². The lowest BCUT2D eigenvalue weighted by molar-refractivity contribution is -0.139. The summed E-state index contributed by atoms with van der Waals surface area (Å²) in [5.41, 5.74) is 1.37. The molecule has 202 valence electrons. The van der Waals surface area contributed by atoms with Crippen molar-refractivity contribution in [2.75, 3.05) is 17.4 Å². The van der Waals surface area contributed by atoms with E-state index >= 15 is 0 Å². The Morgan fingerprint density at radius 1 is 0.895 bits per heavy atom. The number of rotatable bonds is 12. The van der Waals surface area contributed by atoms with Crippen molar-refractivity contribution in [3.63, 3.8) is 0 Å². The van der Waals surface area contributed by atoms with Crippen molar-refractivity contribution in [2.45, 2.75) is 50.6 Å². The molecule has 9 heteroatoms. The second-order valence-corrected chi connectivity index (χ2v) is 12.0. The molecule has 3 rings (SSSR count). The van der Waals surface area contributed by atoms with Gasteiger partial charge in [0.15, 0.2) is 0 Å². The Kier molecular flexibility index (Phi) is 10.5. The molecule has 0 aromatic heterocycles. The maximum absolute atomic E-state index is 13.9. The number of hydrogen-bond acceptors (Lipinski definition) is 4. The third-order valence-electron chi connectivity index (χ3n) is 6.03. The lowest BCUT2D eigenvalue weighted by Gasteiger charge is -2.33. The van der Waals surface area contributed by atoms with E-state index in [-0.39, 0.29) is 23.4 Å². The monoisotopic (exact) mass is 599 g/mol. The number of sulfonamides is 1. The van der Waals surface area contributed by atoms with Gasteiger partial charge in [0.2, 0.25) is 11.8 Å². The molecule has 7 nitrogen and oxygen atoms in total. The zero-order valence-electron chi connectivity index (χ0n) is 21.9. The fraction of sp³-hybridized carbons (Fsp3) is 0.310. The summed E-state index contributed by atoms with van der Waals surface area (Å²) in [7, 11) is -4.06. The van der Waals surface area contributed by atoms with Gasteiger partial charge in [-0.05, 0) is 68.7 Å². The molecule has 1 atom stereocenters.